The van der Waals surface area contributed by atoms with E-state index in [1.165, 1.54) is 5.56 Å². The molecule has 27 heavy (non-hydrogen) atoms. The third-order valence-corrected chi connectivity index (χ3v) is 5.65. The fourth-order valence-corrected chi connectivity index (χ4v) is 3.79. The molecule has 3 rings (SSSR count). The maximum atomic E-state index is 13.2. The van der Waals surface area contributed by atoms with Gasteiger partial charge in [0.1, 0.15) is 5.76 Å². The summed E-state index contributed by atoms with van der Waals surface area (Å²) in [5.74, 6) is -0.719. The van der Waals surface area contributed by atoms with Gasteiger partial charge in [-0.05, 0) is 69.9 Å². The minimum Gasteiger partial charge on any atom is -0.510 e. The Morgan fingerprint density at radius 2 is 1.33 bits per heavy atom. The van der Waals surface area contributed by atoms with Crippen LogP contribution in [-0.2, 0) is 9.59 Å². The molecule has 0 radical (unpaired) electrons. The SMILES string of the molecule is Cc1ccc(-c2ccc(C)c(C3=C(O)C(C)(C)C(=O)C(C)(C)C3=O)c2)cc1. The molecule has 2 aromatic rings. The van der Waals surface area contributed by atoms with Gasteiger partial charge in [-0.3, -0.25) is 9.59 Å². The molecule has 0 aliphatic heterocycles. The number of aliphatic hydroxyl groups excluding tert-OH is 1. The molecule has 0 unspecified atom stereocenters. The lowest BCUT2D eigenvalue weighted by molar-refractivity contribution is -0.143. The fourth-order valence-electron chi connectivity index (χ4n) is 3.79. The van der Waals surface area contributed by atoms with Crippen molar-refractivity contribution >= 4 is 17.1 Å². The van der Waals surface area contributed by atoms with E-state index in [-0.39, 0.29) is 22.9 Å². The van der Waals surface area contributed by atoms with Crippen molar-refractivity contribution in [2.75, 3.05) is 0 Å². The number of ketones is 2. The minimum atomic E-state index is -1.17. The monoisotopic (exact) mass is 362 g/mol. The summed E-state index contributed by atoms with van der Waals surface area (Å²) in [5.41, 5.74) is 2.75. The Hall–Kier alpha value is -2.68. The molecule has 0 spiro atoms. The van der Waals surface area contributed by atoms with Gasteiger partial charge in [-0.25, -0.2) is 0 Å². The van der Waals surface area contributed by atoms with Crippen LogP contribution >= 0.6 is 0 Å². The van der Waals surface area contributed by atoms with Crippen molar-refractivity contribution in [1.82, 2.24) is 0 Å². The van der Waals surface area contributed by atoms with Crippen molar-refractivity contribution < 1.29 is 14.7 Å². The molecule has 0 saturated carbocycles. The zero-order chi connectivity index (χ0) is 20.1. The average Bonchev–Trinajstić information content (AvgIpc) is 2.62. The standard InChI is InChI=1S/C24H26O3/c1-14-7-10-16(11-8-14)17-12-9-15(2)18(13-17)19-20(25)23(3,4)22(27)24(5,6)21(19)26/h7-13,25H,1-6H3. The summed E-state index contributed by atoms with van der Waals surface area (Å²) in [6, 6.07) is 14.1. The third kappa shape index (κ3) is 2.91. The normalized spacial score (nSPS) is 18.7. The number of carbonyl (C=O) groups is 2. The number of carbonyl (C=O) groups excluding carboxylic acids is 2. The molecule has 0 bridgehead atoms. The number of allylic oxidation sites excluding steroid dienone is 2. The fraction of sp³-hybridized carbons (Fsp3) is 0.333. The highest BCUT2D eigenvalue weighted by Gasteiger charge is 2.53. The number of aryl methyl sites for hydroxylation is 2. The van der Waals surface area contributed by atoms with Crippen LogP contribution in [0.4, 0.5) is 0 Å². The van der Waals surface area contributed by atoms with Crippen LogP contribution in [0, 0.1) is 24.7 Å². The molecule has 0 atom stereocenters. The Bertz CT molecular complexity index is 973. The summed E-state index contributed by atoms with van der Waals surface area (Å²) in [5, 5.41) is 10.9. The number of hydrogen-bond acceptors (Lipinski definition) is 3. The van der Waals surface area contributed by atoms with Crippen LogP contribution in [0.5, 0.6) is 0 Å². The molecule has 3 nitrogen and oxygen atoms in total. The van der Waals surface area contributed by atoms with Crippen molar-refractivity contribution in [2.45, 2.75) is 41.5 Å². The van der Waals surface area contributed by atoms with Gasteiger partial charge in [-0.15, -0.1) is 0 Å². The van der Waals surface area contributed by atoms with E-state index >= 15 is 0 Å². The Kier molecular flexibility index (Phi) is 4.38. The van der Waals surface area contributed by atoms with Gasteiger partial charge < -0.3 is 5.11 Å². The van der Waals surface area contributed by atoms with E-state index in [4.69, 9.17) is 0 Å². The Morgan fingerprint density at radius 1 is 0.778 bits per heavy atom. The predicted octanol–water partition coefficient (Wildman–Crippen LogP) is 5.44. The molecule has 140 valence electrons. The van der Waals surface area contributed by atoms with Gasteiger partial charge in [0.05, 0.1) is 16.4 Å². The Labute approximate surface area is 160 Å². The molecule has 0 amide bonds. The van der Waals surface area contributed by atoms with E-state index in [2.05, 4.69) is 0 Å². The first-order chi connectivity index (χ1) is 12.5. The molecule has 0 fully saturated rings. The first-order valence-electron chi connectivity index (χ1n) is 9.19. The van der Waals surface area contributed by atoms with Gasteiger partial charge in [0.2, 0.25) is 0 Å². The van der Waals surface area contributed by atoms with Crippen molar-refractivity contribution in [3.05, 3.63) is 64.9 Å². The Balaban J connectivity index is 2.25. The molecular weight excluding hydrogens is 336 g/mol. The molecular formula is C24H26O3. The average molecular weight is 362 g/mol. The zero-order valence-corrected chi connectivity index (χ0v) is 16.8. The van der Waals surface area contributed by atoms with Crippen LogP contribution in [0.3, 0.4) is 0 Å². The van der Waals surface area contributed by atoms with Crippen molar-refractivity contribution in [3.63, 3.8) is 0 Å². The van der Waals surface area contributed by atoms with Crippen LogP contribution in [0.15, 0.2) is 48.2 Å². The van der Waals surface area contributed by atoms with Gasteiger partial charge in [-0.1, -0.05) is 42.0 Å². The first kappa shape index (κ1) is 19.1. The van der Waals surface area contributed by atoms with Gasteiger partial charge in [0.15, 0.2) is 11.6 Å². The maximum Gasteiger partial charge on any atom is 0.179 e. The zero-order valence-electron chi connectivity index (χ0n) is 16.8. The third-order valence-electron chi connectivity index (χ3n) is 5.65. The van der Waals surface area contributed by atoms with Gasteiger partial charge in [-0.2, -0.15) is 0 Å². The summed E-state index contributed by atoms with van der Waals surface area (Å²) in [6.45, 7) is 10.6. The highest BCUT2D eigenvalue weighted by atomic mass is 16.3. The topological polar surface area (TPSA) is 54.4 Å². The summed E-state index contributed by atoms with van der Waals surface area (Å²) in [6.07, 6.45) is 0. The molecule has 3 heteroatoms. The number of aliphatic hydroxyl groups is 1. The van der Waals surface area contributed by atoms with Crippen LogP contribution in [0.2, 0.25) is 0 Å². The molecule has 1 aliphatic carbocycles. The van der Waals surface area contributed by atoms with Crippen molar-refractivity contribution in [2.24, 2.45) is 10.8 Å². The minimum absolute atomic E-state index is 0.138. The summed E-state index contributed by atoms with van der Waals surface area (Å²) >= 11 is 0. The predicted molar refractivity (Wildman–Crippen MR) is 108 cm³/mol. The molecule has 2 aromatic carbocycles. The number of Topliss-reactive ketones (excluding diaryl/α,β-unsaturated/α-hetero) is 2. The van der Waals surface area contributed by atoms with E-state index in [9.17, 15) is 14.7 Å². The highest BCUT2D eigenvalue weighted by Crippen LogP contribution is 2.47. The van der Waals surface area contributed by atoms with Crippen LogP contribution in [-0.4, -0.2) is 16.7 Å². The lowest BCUT2D eigenvalue weighted by Gasteiger charge is -2.38. The van der Waals surface area contributed by atoms with Crippen molar-refractivity contribution in [1.29, 1.82) is 0 Å². The van der Waals surface area contributed by atoms with E-state index < -0.39 is 10.8 Å². The molecule has 1 aliphatic rings. The van der Waals surface area contributed by atoms with Gasteiger partial charge in [0, 0.05) is 0 Å². The summed E-state index contributed by atoms with van der Waals surface area (Å²) in [4.78, 5) is 25.9. The molecule has 0 heterocycles. The summed E-state index contributed by atoms with van der Waals surface area (Å²) < 4.78 is 0. The summed E-state index contributed by atoms with van der Waals surface area (Å²) in [7, 11) is 0. The van der Waals surface area contributed by atoms with E-state index in [1.807, 2.05) is 56.3 Å². The number of benzene rings is 2. The van der Waals surface area contributed by atoms with E-state index in [0.717, 1.165) is 16.7 Å². The lowest BCUT2D eigenvalue weighted by atomic mass is 9.62. The second-order valence-corrected chi connectivity index (χ2v) is 8.53. The highest BCUT2D eigenvalue weighted by molar-refractivity contribution is 6.34. The smallest absolute Gasteiger partial charge is 0.179 e. The van der Waals surface area contributed by atoms with Gasteiger partial charge in [0.25, 0.3) is 0 Å². The van der Waals surface area contributed by atoms with Crippen LogP contribution in [0.1, 0.15) is 44.4 Å². The molecule has 0 aromatic heterocycles. The second kappa shape index (κ2) is 6.19. The largest absolute Gasteiger partial charge is 0.510 e. The Morgan fingerprint density at radius 3 is 1.93 bits per heavy atom. The molecule has 0 saturated heterocycles. The van der Waals surface area contributed by atoms with E-state index in [1.54, 1.807) is 27.7 Å². The van der Waals surface area contributed by atoms with Crippen LogP contribution in [0.25, 0.3) is 16.7 Å². The van der Waals surface area contributed by atoms with E-state index in [0.29, 0.717) is 5.56 Å². The lowest BCUT2D eigenvalue weighted by Crippen LogP contribution is -2.48. The number of hydrogen-bond donors (Lipinski definition) is 1. The van der Waals surface area contributed by atoms with Gasteiger partial charge >= 0.3 is 0 Å². The molecule has 1 N–H and O–H groups in total. The van der Waals surface area contributed by atoms with Crippen LogP contribution < -0.4 is 0 Å². The maximum absolute atomic E-state index is 13.2. The van der Waals surface area contributed by atoms with Crippen molar-refractivity contribution in [3.8, 4) is 11.1 Å². The quantitative estimate of drug-likeness (QED) is 0.723. The first-order valence-corrected chi connectivity index (χ1v) is 9.19. The number of rotatable bonds is 2. The second-order valence-electron chi connectivity index (χ2n) is 8.53.